The molecule has 0 saturated heterocycles. The third kappa shape index (κ3) is 4.95. The Balaban J connectivity index is 2.26. The molecule has 2 N–H and O–H groups in total. The number of nitrogens with zero attached hydrogens (tertiary/aromatic N) is 1. The maximum Gasteiger partial charge on any atom is 0.410 e. The summed E-state index contributed by atoms with van der Waals surface area (Å²) in [5, 5.41) is 2.21. The van der Waals surface area contributed by atoms with Gasteiger partial charge in [-0.15, -0.1) is 0 Å². The largest absolute Gasteiger partial charge is 0.444 e. The van der Waals surface area contributed by atoms with Gasteiger partial charge in [-0.05, 0) is 44.0 Å². The van der Waals surface area contributed by atoms with Gasteiger partial charge < -0.3 is 10.5 Å². The van der Waals surface area contributed by atoms with Gasteiger partial charge in [-0.25, -0.2) is 4.79 Å². The molecule has 0 heterocycles. The number of nitrogens with two attached hydrogens (primary N) is 1. The SMILES string of the molecule is CCN(C(=O)OC(C)(C)C)C(Cc1ccc2ccccc2c1)C(N)=O. The number of hydrogen-bond acceptors (Lipinski definition) is 3. The Morgan fingerprint density at radius 3 is 2.32 bits per heavy atom. The van der Waals surface area contributed by atoms with Crippen molar-refractivity contribution in [2.24, 2.45) is 5.73 Å². The molecule has 0 aliphatic carbocycles. The maximum absolute atomic E-state index is 12.4. The lowest BCUT2D eigenvalue weighted by atomic mass is 10.0. The number of ether oxygens (including phenoxy) is 1. The van der Waals surface area contributed by atoms with Crippen LogP contribution in [0.4, 0.5) is 4.79 Å². The monoisotopic (exact) mass is 342 g/mol. The standard InChI is InChI=1S/C20H26N2O3/c1-5-22(19(24)25-20(2,3)4)17(18(21)23)13-14-10-11-15-8-6-7-9-16(15)12-14/h6-12,17H,5,13H2,1-4H3,(H2,21,23). The van der Waals surface area contributed by atoms with Crippen molar-refractivity contribution in [2.75, 3.05) is 6.54 Å². The van der Waals surface area contributed by atoms with Crippen LogP contribution in [0.2, 0.25) is 0 Å². The fourth-order valence-electron chi connectivity index (χ4n) is 2.75. The average Bonchev–Trinajstić information content (AvgIpc) is 2.52. The molecule has 1 atom stereocenters. The zero-order chi connectivity index (χ0) is 18.6. The minimum Gasteiger partial charge on any atom is -0.444 e. The molecule has 1 unspecified atom stereocenters. The average molecular weight is 342 g/mol. The van der Waals surface area contributed by atoms with E-state index in [9.17, 15) is 9.59 Å². The molecule has 2 aromatic rings. The van der Waals surface area contributed by atoms with E-state index in [1.54, 1.807) is 27.7 Å². The van der Waals surface area contributed by atoms with E-state index >= 15 is 0 Å². The topological polar surface area (TPSA) is 72.6 Å². The molecule has 0 aliphatic heterocycles. The predicted molar refractivity (Wildman–Crippen MR) is 99.2 cm³/mol. The van der Waals surface area contributed by atoms with Crippen LogP contribution in [0.1, 0.15) is 33.3 Å². The summed E-state index contributed by atoms with van der Waals surface area (Å²) in [5.41, 5.74) is 5.91. The summed E-state index contributed by atoms with van der Waals surface area (Å²) in [6, 6.07) is 13.2. The third-order valence-electron chi connectivity index (χ3n) is 3.92. The molecule has 0 spiro atoms. The highest BCUT2D eigenvalue weighted by Crippen LogP contribution is 2.19. The Morgan fingerprint density at radius 2 is 1.76 bits per heavy atom. The highest BCUT2D eigenvalue weighted by molar-refractivity contribution is 5.86. The highest BCUT2D eigenvalue weighted by atomic mass is 16.6. The van der Waals surface area contributed by atoms with Gasteiger partial charge in [-0.3, -0.25) is 9.69 Å². The number of hydrogen-bond donors (Lipinski definition) is 1. The van der Waals surface area contributed by atoms with Gasteiger partial charge in [0.1, 0.15) is 11.6 Å². The molecule has 5 nitrogen and oxygen atoms in total. The van der Waals surface area contributed by atoms with Crippen LogP contribution in [0.15, 0.2) is 42.5 Å². The van der Waals surface area contributed by atoms with Crippen molar-refractivity contribution in [1.82, 2.24) is 4.90 Å². The summed E-state index contributed by atoms with van der Waals surface area (Å²) in [7, 11) is 0. The van der Waals surface area contributed by atoms with E-state index in [0.29, 0.717) is 13.0 Å². The van der Waals surface area contributed by atoms with E-state index in [1.807, 2.05) is 42.5 Å². The molecule has 5 heteroatoms. The molecule has 0 saturated carbocycles. The van der Waals surface area contributed by atoms with Crippen molar-refractivity contribution in [1.29, 1.82) is 0 Å². The van der Waals surface area contributed by atoms with Crippen LogP contribution in [0.25, 0.3) is 10.8 Å². The summed E-state index contributed by atoms with van der Waals surface area (Å²) in [5.74, 6) is -0.541. The first-order valence-corrected chi connectivity index (χ1v) is 8.48. The Morgan fingerprint density at radius 1 is 1.12 bits per heavy atom. The number of amides is 2. The van der Waals surface area contributed by atoms with Gasteiger partial charge in [0.2, 0.25) is 5.91 Å². The molecule has 0 bridgehead atoms. The van der Waals surface area contributed by atoms with E-state index in [0.717, 1.165) is 16.3 Å². The van der Waals surface area contributed by atoms with Gasteiger partial charge >= 0.3 is 6.09 Å². The molecule has 0 radical (unpaired) electrons. The van der Waals surface area contributed by atoms with Crippen molar-refractivity contribution in [2.45, 2.75) is 45.8 Å². The van der Waals surface area contributed by atoms with Gasteiger partial charge in [-0.2, -0.15) is 0 Å². The van der Waals surface area contributed by atoms with Crippen LogP contribution < -0.4 is 5.73 Å². The number of fused-ring (bicyclic) bond motifs is 1. The van der Waals surface area contributed by atoms with Crippen LogP contribution in [-0.4, -0.2) is 35.1 Å². The summed E-state index contributed by atoms with van der Waals surface area (Å²) in [6.07, 6.45) is -0.174. The molecular weight excluding hydrogens is 316 g/mol. The second kappa shape index (κ2) is 7.55. The molecule has 25 heavy (non-hydrogen) atoms. The number of carbonyl (C=O) groups is 2. The first-order chi connectivity index (χ1) is 11.7. The summed E-state index contributed by atoms with van der Waals surface area (Å²) >= 11 is 0. The molecule has 0 fully saturated rings. The highest BCUT2D eigenvalue weighted by Gasteiger charge is 2.30. The number of primary amides is 1. The van der Waals surface area contributed by atoms with Gasteiger partial charge in [0, 0.05) is 13.0 Å². The maximum atomic E-state index is 12.4. The van der Waals surface area contributed by atoms with Gasteiger partial charge in [0.05, 0.1) is 0 Å². The van der Waals surface area contributed by atoms with E-state index in [-0.39, 0.29) is 0 Å². The lowest BCUT2D eigenvalue weighted by molar-refractivity contribution is -0.123. The second-order valence-electron chi connectivity index (χ2n) is 7.07. The molecule has 0 aromatic heterocycles. The minimum atomic E-state index is -0.749. The number of rotatable bonds is 5. The van der Waals surface area contributed by atoms with E-state index in [2.05, 4.69) is 0 Å². The Kier molecular flexibility index (Phi) is 5.67. The van der Waals surface area contributed by atoms with Gasteiger partial charge in [0.25, 0.3) is 0 Å². The van der Waals surface area contributed by atoms with Gasteiger partial charge in [0.15, 0.2) is 0 Å². The van der Waals surface area contributed by atoms with Crippen molar-refractivity contribution < 1.29 is 14.3 Å². The van der Waals surface area contributed by atoms with Crippen molar-refractivity contribution in [3.8, 4) is 0 Å². The van der Waals surface area contributed by atoms with E-state index < -0.39 is 23.6 Å². The number of likely N-dealkylation sites (N-methyl/N-ethyl adjacent to an activating group) is 1. The normalized spacial score (nSPS) is 12.6. The van der Waals surface area contributed by atoms with Crippen molar-refractivity contribution in [3.05, 3.63) is 48.0 Å². The van der Waals surface area contributed by atoms with Crippen molar-refractivity contribution >= 4 is 22.8 Å². The van der Waals surface area contributed by atoms with Crippen LogP contribution in [0, 0.1) is 0 Å². The van der Waals surface area contributed by atoms with Crippen LogP contribution >= 0.6 is 0 Å². The first-order valence-electron chi connectivity index (χ1n) is 8.48. The molecule has 2 rings (SSSR count). The number of benzene rings is 2. The quantitative estimate of drug-likeness (QED) is 0.904. The Hall–Kier alpha value is -2.56. The molecular formula is C20H26N2O3. The fraction of sp³-hybridized carbons (Fsp3) is 0.400. The minimum absolute atomic E-state index is 0.343. The van der Waals surface area contributed by atoms with Crippen LogP contribution in [-0.2, 0) is 16.0 Å². The molecule has 0 aliphatic rings. The van der Waals surface area contributed by atoms with Crippen LogP contribution in [0.5, 0.6) is 0 Å². The predicted octanol–water partition coefficient (Wildman–Crippen LogP) is 3.49. The smallest absolute Gasteiger partial charge is 0.410 e. The summed E-state index contributed by atoms with van der Waals surface area (Å²) in [6.45, 7) is 7.53. The van der Waals surface area contributed by atoms with Crippen molar-refractivity contribution in [3.63, 3.8) is 0 Å². The lowest BCUT2D eigenvalue weighted by Crippen LogP contribution is -2.50. The molecule has 2 aromatic carbocycles. The fourth-order valence-corrected chi connectivity index (χ4v) is 2.75. The summed E-state index contributed by atoms with van der Waals surface area (Å²) in [4.78, 5) is 25.8. The zero-order valence-electron chi connectivity index (χ0n) is 15.3. The third-order valence-corrected chi connectivity index (χ3v) is 3.92. The molecule has 2 amide bonds. The first kappa shape index (κ1) is 18.8. The Labute approximate surface area is 148 Å². The summed E-state index contributed by atoms with van der Waals surface area (Å²) < 4.78 is 5.41. The van der Waals surface area contributed by atoms with E-state index in [1.165, 1.54) is 4.90 Å². The second-order valence-corrected chi connectivity index (χ2v) is 7.07. The lowest BCUT2D eigenvalue weighted by Gasteiger charge is -2.31. The number of carbonyl (C=O) groups excluding carboxylic acids is 2. The molecule has 134 valence electrons. The van der Waals surface area contributed by atoms with E-state index in [4.69, 9.17) is 10.5 Å². The van der Waals surface area contributed by atoms with Gasteiger partial charge in [-0.1, -0.05) is 42.5 Å². The zero-order valence-corrected chi connectivity index (χ0v) is 15.3. The Bertz CT molecular complexity index is 765. The van der Waals surface area contributed by atoms with Crippen LogP contribution in [0.3, 0.4) is 0 Å².